The second kappa shape index (κ2) is 5.71. The van der Waals surface area contributed by atoms with Crippen LogP contribution in [0.5, 0.6) is 0 Å². The van der Waals surface area contributed by atoms with Gasteiger partial charge in [-0.3, -0.25) is 4.99 Å². The molecule has 1 saturated heterocycles. The fourth-order valence-electron chi connectivity index (χ4n) is 3.06. The van der Waals surface area contributed by atoms with Crippen molar-refractivity contribution in [2.45, 2.75) is 43.2 Å². The van der Waals surface area contributed by atoms with Crippen LogP contribution in [-0.2, 0) is 10.2 Å². The van der Waals surface area contributed by atoms with Gasteiger partial charge in [-0.2, -0.15) is 8.42 Å². The maximum absolute atomic E-state index is 13.2. The van der Waals surface area contributed by atoms with Gasteiger partial charge in [0.05, 0.1) is 17.6 Å². The maximum Gasteiger partial charge on any atom is 0.349 e. The van der Waals surface area contributed by atoms with Crippen molar-refractivity contribution in [1.82, 2.24) is 9.88 Å². The number of nitrogens with zero attached hydrogens (tertiary/aromatic N) is 3. The van der Waals surface area contributed by atoms with Gasteiger partial charge in [-0.05, 0) is 31.4 Å². The van der Waals surface area contributed by atoms with E-state index in [1.165, 1.54) is 6.07 Å². The van der Waals surface area contributed by atoms with E-state index >= 15 is 0 Å². The molecule has 114 valence electrons. The number of aliphatic imine (C=N–C) groups is 1. The molecule has 0 aliphatic carbocycles. The van der Waals surface area contributed by atoms with Gasteiger partial charge in [0.2, 0.25) is 0 Å². The Morgan fingerprint density at radius 2 is 2.10 bits per heavy atom. The van der Waals surface area contributed by atoms with Gasteiger partial charge in [0.25, 0.3) is 0 Å². The molecule has 21 heavy (non-hydrogen) atoms. The van der Waals surface area contributed by atoms with E-state index in [0.29, 0.717) is 5.69 Å². The number of pyridine rings is 1. The summed E-state index contributed by atoms with van der Waals surface area (Å²) < 4.78 is 35.3. The van der Waals surface area contributed by atoms with Crippen LogP contribution in [0.3, 0.4) is 0 Å². The Labute approximate surface area is 124 Å². The fourth-order valence-corrected chi connectivity index (χ4v) is 3.52. The Kier molecular flexibility index (Phi) is 3.93. The van der Waals surface area contributed by atoms with Crippen molar-refractivity contribution >= 4 is 16.1 Å². The molecule has 3 heterocycles. The average Bonchev–Trinajstić information content (AvgIpc) is 2.69. The molecule has 2 aliphatic rings. The molecule has 2 aliphatic heterocycles. The molecule has 1 unspecified atom stereocenters. The lowest BCUT2D eigenvalue weighted by atomic mass is 10.1. The highest BCUT2D eigenvalue weighted by Gasteiger charge is 2.29. The van der Waals surface area contributed by atoms with Gasteiger partial charge in [-0.15, -0.1) is 0 Å². The Bertz CT molecular complexity index is 660. The first-order valence-corrected chi connectivity index (χ1v) is 8.65. The predicted molar refractivity (Wildman–Crippen MR) is 77.4 cm³/mol. The summed E-state index contributed by atoms with van der Waals surface area (Å²) in [7, 11) is -4.76. The van der Waals surface area contributed by atoms with Crippen molar-refractivity contribution in [2.75, 3.05) is 13.1 Å². The highest BCUT2D eigenvalue weighted by Crippen LogP contribution is 2.32. The zero-order valence-electron chi connectivity index (χ0n) is 11.7. The summed E-state index contributed by atoms with van der Waals surface area (Å²) in [5.41, 5.74) is 0.616. The van der Waals surface area contributed by atoms with Crippen molar-refractivity contribution in [3.63, 3.8) is 0 Å². The molecule has 1 aromatic rings. The van der Waals surface area contributed by atoms with Crippen LogP contribution in [0.1, 0.15) is 43.8 Å². The smallest absolute Gasteiger partial charge is 0.349 e. The number of hydrogen-bond donors (Lipinski definition) is 0. The molecule has 0 bridgehead atoms. The SMILES string of the molecule is O=S(=O)(F)c1cccc(C2CCCCC3=NCCCN32)n1. The Balaban J connectivity index is 1.98. The van der Waals surface area contributed by atoms with E-state index in [2.05, 4.69) is 14.9 Å². The summed E-state index contributed by atoms with van der Waals surface area (Å²) in [5, 5.41) is -0.500. The summed E-state index contributed by atoms with van der Waals surface area (Å²) in [5.74, 6) is 1.08. The zero-order valence-corrected chi connectivity index (χ0v) is 12.5. The van der Waals surface area contributed by atoms with Crippen LogP contribution < -0.4 is 0 Å². The van der Waals surface area contributed by atoms with Gasteiger partial charge in [-0.1, -0.05) is 16.4 Å². The first-order valence-electron chi connectivity index (χ1n) is 7.27. The third-order valence-electron chi connectivity index (χ3n) is 4.02. The molecule has 0 saturated carbocycles. The van der Waals surface area contributed by atoms with Crippen LogP contribution in [0.4, 0.5) is 3.89 Å². The molecule has 0 amide bonds. The Hall–Kier alpha value is -1.50. The van der Waals surface area contributed by atoms with Crippen molar-refractivity contribution in [3.8, 4) is 0 Å². The van der Waals surface area contributed by atoms with Gasteiger partial charge in [-0.25, -0.2) is 4.98 Å². The molecule has 5 nitrogen and oxygen atoms in total. The van der Waals surface area contributed by atoms with Crippen LogP contribution in [-0.4, -0.2) is 37.2 Å². The fraction of sp³-hybridized carbons (Fsp3) is 0.571. The highest BCUT2D eigenvalue weighted by atomic mass is 32.3. The van der Waals surface area contributed by atoms with E-state index in [9.17, 15) is 12.3 Å². The quantitative estimate of drug-likeness (QED) is 0.787. The van der Waals surface area contributed by atoms with Crippen LogP contribution in [0, 0.1) is 0 Å². The van der Waals surface area contributed by atoms with E-state index in [0.717, 1.165) is 51.0 Å². The van der Waals surface area contributed by atoms with Crippen molar-refractivity contribution < 1.29 is 12.3 Å². The lowest BCUT2D eigenvalue weighted by Gasteiger charge is -2.34. The Morgan fingerprint density at radius 3 is 2.90 bits per heavy atom. The van der Waals surface area contributed by atoms with Gasteiger partial charge >= 0.3 is 10.2 Å². The highest BCUT2D eigenvalue weighted by molar-refractivity contribution is 7.86. The molecule has 0 radical (unpaired) electrons. The number of halogens is 1. The largest absolute Gasteiger partial charge is 0.352 e. The zero-order chi connectivity index (χ0) is 14.9. The van der Waals surface area contributed by atoms with Crippen molar-refractivity contribution in [1.29, 1.82) is 0 Å². The van der Waals surface area contributed by atoms with Gasteiger partial charge in [0.1, 0.15) is 0 Å². The first-order chi connectivity index (χ1) is 10.1. The molecule has 0 N–H and O–H groups in total. The summed E-state index contributed by atoms with van der Waals surface area (Å²) in [6.07, 6.45) is 4.95. The normalized spacial score (nSPS) is 23.2. The third-order valence-corrected chi connectivity index (χ3v) is 4.75. The van der Waals surface area contributed by atoms with E-state index in [-0.39, 0.29) is 6.04 Å². The topological polar surface area (TPSA) is 62.6 Å². The minimum Gasteiger partial charge on any atom is -0.352 e. The molecule has 1 atom stereocenters. The molecule has 1 fully saturated rings. The van der Waals surface area contributed by atoms with Crippen LogP contribution in [0.2, 0.25) is 0 Å². The molecule has 0 aromatic carbocycles. The number of amidine groups is 1. The third kappa shape index (κ3) is 3.07. The van der Waals surface area contributed by atoms with Crippen LogP contribution in [0.15, 0.2) is 28.2 Å². The number of fused-ring (bicyclic) bond motifs is 1. The van der Waals surface area contributed by atoms with E-state index < -0.39 is 15.2 Å². The van der Waals surface area contributed by atoms with E-state index in [1.54, 1.807) is 12.1 Å². The van der Waals surface area contributed by atoms with Gasteiger partial charge in [0, 0.05) is 19.5 Å². The number of rotatable bonds is 2. The second-order valence-corrected chi connectivity index (χ2v) is 6.74. The Morgan fingerprint density at radius 1 is 1.24 bits per heavy atom. The van der Waals surface area contributed by atoms with Crippen LogP contribution >= 0.6 is 0 Å². The summed E-state index contributed by atoms with van der Waals surface area (Å²) in [6.45, 7) is 1.75. The predicted octanol–water partition coefficient (Wildman–Crippen LogP) is 2.46. The summed E-state index contributed by atoms with van der Waals surface area (Å²) >= 11 is 0. The van der Waals surface area contributed by atoms with Gasteiger partial charge in [0.15, 0.2) is 5.03 Å². The number of hydrogen-bond acceptors (Lipinski definition) is 5. The molecular weight excluding hydrogens is 293 g/mol. The monoisotopic (exact) mass is 311 g/mol. The minimum absolute atomic E-state index is 0.00625. The second-order valence-electron chi connectivity index (χ2n) is 5.45. The molecule has 7 heteroatoms. The lowest BCUT2D eigenvalue weighted by Crippen LogP contribution is -2.38. The van der Waals surface area contributed by atoms with E-state index in [4.69, 9.17) is 0 Å². The first kappa shape index (κ1) is 14.4. The maximum atomic E-state index is 13.2. The van der Waals surface area contributed by atoms with E-state index in [1.807, 2.05) is 0 Å². The average molecular weight is 311 g/mol. The standard InChI is InChI=1S/C14H18FN3O2S/c15-21(19,20)14-8-3-5-11(17-14)12-6-1-2-7-13-16-9-4-10-18(12)13/h3,5,8,12H,1-2,4,6-7,9-10H2. The molecule has 1 aromatic heterocycles. The summed E-state index contributed by atoms with van der Waals surface area (Å²) in [4.78, 5) is 10.8. The summed E-state index contributed by atoms with van der Waals surface area (Å²) in [6, 6.07) is 4.52. The van der Waals surface area contributed by atoms with Crippen molar-refractivity contribution in [2.24, 2.45) is 4.99 Å². The lowest BCUT2D eigenvalue weighted by molar-refractivity contribution is 0.284. The van der Waals surface area contributed by atoms with Crippen LogP contribution in [0.25, 0.3) is 0 Å². The minimum atomic E-state index is -4.76. The van der Waals surface area contributed by atoms with Gasteiger partial charge < -0.3 is 4.90 Å². The molecule has 3 rings (SSSR count). The number of aromatic nitrogens is 1. The molecular formula is C14H18FN3O2S. The molecule has 0 spiro atoms. The van der Waals surface area contributed by atoms with Crippen molar-refractivity contribution in [3.05, 3.63) is 23.9 Å².